The molecule has 0 saturated carbocycles. The lowest BCUT2D eigenvalue weighted by Crippen LogP contribution is -2.22. The Balaban J connectivity index is 1.73. The summed E-state index contributed by atoms with van der Waals surface area (Å²) in [6.07, 6.45) is 3.75. The first-order valence-corrected chi connectivity index (χ1v) is 5.82. The van der Waals surface area contributed by atoms with Crippen LogP contribution in [0.25, 0.3) is 0 Å². The van der Waals surface area contributed by atoms with E-state index in [1.807, 2.05) is 0 Å². The van der Waals surface area contributed by atoms with Gasteiger partial charge in [-0.1, -0.05) is 0 Å². The molecule has 0 aromatic carbocycles. The molecule has 1 aliphatic heterocycles. The molecule has 1 fully saturated rings. The van der Waals surface area contributed by atoms with Crippen molar-refractivity contribution in [3.63, 3.8) is 0 Å². The molecule has 0 amide bonds. The van der Waals surface area contributed by atoms with Crippen molar-refractivity contribution in [3.05, 3.63) is 0 Å². The zero-order chi connectivity index (χ0) is 10.8. The van der Waals surface area contributed by atoms with Crippen LogP contribution in [0, 0.1) is 0 Å². The second kappa shape index (κ2) is 9.09. The summed E-state index contributed by atoms with van der Waals surface area (Å²) in [4.78, 5) is 0. The van der Waals surface area contributed by atoms with Gasteiger partial charge in [-0.05, 0) is 25.8 Å². The van der Waals surface area contributed by atoms with Gasteiger partial charge in [0.05, 0.1) is 19.3 Å². The third-order valence-corrected chi connectivity index (χ3v) is 2.45. The summed E-state index contributed by atoms with van der Waals surface area (Å²) in [5.74, 6) is 0. The number of methoxy groups -OCH3 is 1. The van der Waals surface area contributed by atoms with Gasteiger partial charge in [-0.25, -0.2) is 0 Å². The van der Waals surface area contributed by atoms with E-state index in [9.17, 15) is 0 Å². The predicted molar refractivity (Wildman–Crippen MR) is 59.2 cm³/mol. The lowest BCUT2D eigenvalue weighted by atomic mass is 10.2. The highest BCUT2D eigenvalue weighted by Crippen LogP contribution is 2.11. The van der Waals surface area contributed by atoms with Crippen LogP contribution < -0.4 is 5.32 Å². The molecule has 15 heavy (non-hydrogen) atoms. The summed E-state index contributed by atoms with van der Waals surface area (Å²) >= 11 is 0. The Morgan fingerprint density at radius 3 is 3.00 bits per heavy atom. The van der Waals surface area contributed by atoms with E-state index in [1.54, 1.807) is 7.11 Å². The highest BCUT2D eigenvalue weighted by atomic mass is 16.5. The molecule has 4 nitrogen and oxygen atoms in total. The SMILES string of the molecule is COCCNCCCOCC1CCCO1. The second-order valence-corrected chi connectivity index (χ2v) is 3.81. The van der Waals surface area contributed by atoms with E-state index >= 15 is 0 Å². The predicted octanol–water partition coefficient (Wildman–Crippen LogP) is 0.808. The van der Waals surface area contributed by atoms with Gasteiger partial charge in [0.25, 0.3) is 0 Å². The van der Waals surface area contributed by atoms with Gasteiger partial charge < -0.3 is 19.5 Å². The maximum atomic E-state index is 5.53. The van der Waals surface area contributed by atoms with Crippen molar-refractivity contribution in [2.45, 2.75) is 25.4 Å². The van der Waals surface area contributed by atoms with E-state index in [2.05, 4.69) is 5.32 Å². The zero-order valence-electron chi connectivity index (χ0n) is 9.67. The molecule has 1 unspecified atom stereocenters. The Labute approximate surface area is 92.3 Å². The highest BCUT2D eigenvalue weighted by Gasteiger charge is 2.14. The lowest BCUT2D eigenvalue weighted by Gasteiger charge is -2.10. The van der Waals surface area contributed by atoms with Gasteiger partial charge in [-0.3, -0.25) is 0 Å². The average molecular weight is 217 g/mol. The maximum absolute atomic E-state index is 5.53. The molecule has 0 radical (unpaired) electrons. The van der Waals surface area contributed by atoms with Crippen LogP contribution in [0.1, 0.15) is 19.3 Å². The third kappa shape index (κ3) is 6.84. The van der Waals surface area contributed by atoms with Crippen molar-refractivity contribution in [2.24, 2.45) is 0 Å². The number of rotatable bonds is 9. The molecule has 0 aromatic heterocycles. The quantitative estimate of drug-likeness (QED) is 0.580. The molecule has 1 saturated heterocycles. The Morgan fingerprint density at radius 1 is 1.33 bits per heavy atom. The molecule has 1 N–H and O–H groups in total. The summed E-state index contributed by atoms with van der Waals surface area (Å²) in [5.41, 5.74) is 0. The number of hydrogen-bond donors (Lipinski definition) is 1. The van der Waals surface area contributed by atoms with Crippen LogP contribution in [-0.2, 0) is 14.2 Å². The maximum Gasteiger partial charge on any atom is 0.0809 e. The molecular formula is C11H23NO3. The van der Waals surface area contributed by atoms with Crippen molar-refractivity contribution < 1.29 is 14.2 Å². The Bertz CT molecular complexity index is 138. The van der Waals surface area contributed by atoms with Gasteiger partial charge in [0.15, 0.2) is 0 Å². The van der Waals surface area contributed by atoms with E-state index in [4.69, 9.17) is 14.2 Å². The lowest BCUT2D eigenvalue weighted by molar-refractivity contribution is 0.0166. The monoisotopic (exact) mass is 217 g/mol. The summed E-state index contributed by atoms with van der Waals surface area (Å²) in [5, 5.41) is 3.28. The van der Waals surface area contributed by atoms with Gasteiger partial charge in [0.1, 0.15) is 0 Å². The first-order valence-electron chi connectivity index (χ1n) is 5.82. The fraction of sp³-hybridized carbons (Fsp3) is 1.00. The third-order valence-electron chi connectivity index (χ3n) is 2.45. The summed E-state index contributed by atoms with van der Waals surface area (Å²) in [6, 6.07) is 0. The van der Waals surface area contributed by atoms with Crippen molar-refractivity contribution in [2.75, 3.05) is 46.6 Å². The number of hydrogen-bond acceptors (Lipinski definition) is 4. The smallest absolute Gasteiger partial charge is 0.0809 e. The zero-order valence-corrected chi connectivity index (χ0v) is 9.67. The second-order valence-electron chi connectivity index (χ2n) is 3.81. The topological polar surface area (TPSA) is 39.7 Å². The standard InChI is InChI=1S/C11H23NO3/c1-13-9-6-12-5-3-7-14-10-11-4-2-8-15-11/h11-12H,2-10H2,1H3. The largest absolute Gasteiger partial charge is 0.383 e. The molecule has 0 aliphatic carbocycles. The minimum Gasteiger partial charge on any atom is -0.383 e. The van der Waals surface area contributed by atoms with E-state index in [-0.39, 0.29) is 0 Å². The normalized spacial score (nSPS) is 21.0. The summed E-state index contributed by atoms with van der Waals surface area (Å²) < 4.78 is 15.9. The van der Waals surface area contributed by atoms with Gasteiger partial charge in [-0.2, -0.15) is 0 Å². The summed E-state index contributed by atoms with van der Waals surface area (Å²) in [6.45, 7) is 5.18. The average Bonchev–Trinajstić information content (AvgIpc) is 2.75. The highest BCUT2D eigenvalue weighted by molar-refractivity contribution is 4.63. The minimum absolute atomic E-state index is 0.353. The van der Waals surface area contributed by atoms with Crippen molar-refractivity contribution in [1.29, 1.82) is 0 Å². The number of nitrogens with one attached hydrogen (secondary N) is 1. The fourth-order valence-corrected chi connectivity index (χ4v) is 1.59. The van der Waals surface area contributed by atoms with Gasteiger partial charge in [-0.15, -0.1) is 0 Å². The van der Waals surface area contributed by atoms with Gasteiger partial charge in [0.2, 0.25) is 0 Å². The van der Waals surface area contributed by atoms with E-state index in [1.165, 1.54) is 6.42 Å². The van der Waals surface area contributed by atoms with Crippen LogP contribution in [0.2, 0.25) is 0 Å². The fourth-order valence-electron chi connectivity index (χ4n) is 1.59. The van der Waals surface area contributed by atoms with Crippen LogP contribution in [0.15, 0.2) is 0 Å². The molecule has 0 aromatic rings. The Kier molecular flexibility index (Phi) is 7.83. The molecule has 1 rings (SSSR count). The van der Waals surface area contributed by atoms with E-state index in [0.29, 0.717) is 6.10 Å². The van der Waals surface area contributed by atoms with Crippen molar-refractivity contribution in [1.82, 2.24) is 5.32 Å². The van der Waals surface area contributed by atoms with Gasteiger partial charge in [0, 0.05) is 26.9 Å². The first kappa shape index (κ1) is 12.9. The molecule has 0 bridgehead atoms. The van der Waals surface area contributed by atoms with Crippen LogP contribution >= 0.6 is 0 Å². The Hall–Kier alpha value is -0.160. The first-order chi connectivity index (χ1) is 7.43. The van der Waals surface area contributed by atoms with Crippen LogP contribution in [0.4, 0.5) is 0 Å². The Morgan fingerprint density at radius 2 is 2.27 bits per heavy atom. The molecule has 0 spiro atoms. The van der Waals surface area contributed by atoms with Crippen molar-refractivity contribution >= 4 is 0 Å². The van der Waals surface area contributed by atoms with Crippen LogP contribution in [-0.4, -0.2) is 52.7 Å². The molecule has 1 atom stereocenters. The van der Waals surface area contributed by atoms with E-state index in [0.717, 1.165) is 52.4 Å². The molecule has 1 aliphatic rings. The van der Waals surface area contributed by atoms with Gasteiger partial charge >= 0.3 is 0 Å². The van der Waals surface area contributed by atoms with Crippen LogP contribution in [0.5, 0.6) is 0 Å². The molecule has 4 heteroatoms. The molecular weight excluding hydrogens is 194 g/mol. The minimum atomic E-state index is 0.353. The van der Waals surface area contributed by atoms with E-state index < -0.39 is 0 Å². The van der Waals surface area contributed by atoms with Crippen LogP contribution in [0.3, 0.4) is 0 Å². The molecule has 1 heterocycles. The number of ether oxygens (including phenoxy) is 3. The van der Waals surface area contributed by atoms with Crippen molar-refractivity contribution in [3.8, 4) is 0 Å². The molecule has 90 valence electrons. The summed E-state index contributed by atoms with van der Waals surface area (Å²) in [7, 11) is 1.71.